The number of anilines is 1. The Morgan fingerprint density at radius 1 is 1.14 bits per heavy atom. The lowest BCUT2D eigenvalue weighted by Crippen LogP contribution is -2.29. The van der Waals surface area contributed by atoms with Crippen molar-refractivity contribution in [1.82, 2.24) is 9.88 Å². The monoisotopic (exact) mass is 570 g/mol. The van der Waals surface area contributed by atoms with Crippen molar-refractivity contribution in [1.29, 1.82) is 0 Å². The molecule has 42 heavy (non-hydrogen) atoms. The van der Waals surface area contributed by atoms with E-state index >= 15 is 0 Å². The number of carboxylic acid groups (broad SMARTS) is 1. The van der Waals surface area contributed by atoms with Crippen molar-refractivity contribution in [3.8, 4) is 11.6 Å². The first-order chi connectivity index (χ1) is 20.3. The quantitative estimate of drug-likeness (QED) is 0.182. The maximum atomic E-state index is 12.8. The molecule has 220 valence electrons. The second kappa shape index (κ2) is 13.1. The zero-order chi connectivity index (χ0) is 29.6. The third kappa shape index (κ3) is 6.57. The van der Waals surface area contributed by atoms with Crippen LogP contribution in [0, 0.1) is 12.8 Å². The molecule has 2 heterocycles. The molecule has 0 saturated heterocycles. The van der Waals surface area contributed by atoms with Gasteiger partial charge < -0.3 is 30.2 Å². The summed E-state index contributed by atoms with van der Waals surface area (Å²) in [6.45, 7) is 2.58. The Bertz CT molecular complexity index is 1540. The summed E-state index contributed by atoms with van der Waals surface area (Å²) in [4.78, 5) is 29.4. The molecule has 4 aromatic rings. The van der Waals surface area contributed by atoms with Crippen LogP contribution in [0.4, 0.5) is 5.69 Å². The van der Waals surface area contributed by atoms with E-state index in [1.165, 1.54) is 24.2 Å². The number of pyridine rings is 1. The van der Waals surface area contributed by atoms with Crippen molar-refractivity contribution in [3.63, 3.8) is 0 Å². The van der Waals surface area contributed by atoms with Gasteiger partial charge in [-0.1, -0.05) is 25.3 Å². The summed E-state index contributed by atoms with van der Waals surface area (Å²) in [5.41, 5.74) is 9.97. The molecule has 0 aliphatic heterocycles. The normalized spacial score (nSPS) is 14.5. The molecule has 0 bridgehead atoms. The molecule has 0 spiro atoms. The molecule has 1 fully saturated rings. The molecule has 0 radical (unpaired) electrons. The number of ether oxygens (including phenoxy) is 1. The summed E-state index contributed by atoms with van der Waals surface area (Å²) in [6.07, 6.45) is 7.42. The van der Waals surface area contributed by atoms with Crippen LogP contribution in [0.3, 0.4) is 0 Å². The van der Waals surface area contributed by atoms with Crippen molar-refractivity contribution in [2.45, 2.75) is 58.0 Å². The van der Waals surface area contributed by atoms with Crippen LogP contribution < -0.4 is 15.8 Å². The van der Waals surface area contributed by atoms with Gasteiger partial charge in [-0.05, 0) is 74.2 Å². The number of aliphatic carboxylic acids is 1. The summed E-state index contributed by atoms with van der Waals surface area (Å²) in [7, 11) is 1.62. The van der Waals surface area contributed by atoms with Crippen molar-refractivity contribution in [3.05, 3.63) is 83.2 Å². The van der Waals surface area contributed by atoms with E-state index in [0.717, 1.165) is 46.4 Å². The molecule has 2 aromatic heterocycles. The van der Waals surface area contributed by atoms with Gasteiger partial charge in [0.05, 0.1) is 12.5 Å². The highest BCUT2D eigenvalue weighted by Crippen LogP contribution is 2.41. The Hall–Kier alpha value is -4.37. The average Bonchev–Trinajstić information content (AvgIpc) is 3.34. The lowest BCUT2D eigenvalue weighted by Gasteiger charge is -2.31. The van der Waals surface area contributed by atoms with E-state index < -0.39 is 5.97 Å². The minimum absolute atomic E-state index is 0.0403. The minimum Gasteiger partial charge on any atom is -0.481 e. The Morgan fingerprint density at radius 3 is 2.62 bits per heavy atom. The molecule has 5 rings (SSSR count). The number of aromatic nitrogens is 1. The molecule has 9 nitrogen and oxygen atoms in total. The Balaban J connectivity index is 1.40. The number of nitrogens with one attached hydrogen (secondary N) is 1. The zero-order valence-electron chi connectivity index (χ0n) is 24.1. The third-order valence-electron chi connectivity index (χ3n) is 8.09. The number of carbonyl (C=O) groups excluding carboxylic acids is 1. The van der Waals surface area contributed by atoms with Gasteiger partial charge in [0, 0.05) is 54.1 Å². The number of carboxylic acids is 1. The smallest absolute Gasteiger partial charge is 0.305 e. The first-order valence-corrected chi connectivity index (χ1v) is 14.5. The zero-order valence-corrected chi connectivity index (χ0v) is 24.1. The van der Waals surface area contributed by atoms with Crippen molar-refractivity contribution in [2.24, 2.45) is 11.7 Å². The summed E-state index contributed by atoms with van der Waals surface area (Å²) >= 11 is 0. The van der Waals surface area contributed by atoms with Crippen LogP contribution >= 0.6 is 0 Å². The van der Waals surface area contributed by atoms with Crippen LogP contribution in [0.5, 0.6) is 11.6 Å². The highest BCUT2D eigenvalue weighted by atomic mass is 16.5. The van der Waals surface area contributed by atoms with E-state index in [9.17, 15) is 9.59 Å². The number of benzene rings is 2. The largest absolute Gasteiger partial charge is 0.481 e. The number of nitrogens with zero attached hydrogens (tertiary/aromatic N) is 2. The maximum absolute atomic E-state index is 12.8. The van der Waals surface area contributed by atoms with Crippen LogP contribution in [-0.2, 0) is 11.3 Å². The fourth-order valence-corrected chi connectivity index (χ4v) is 5.70. The molecular formula is C33H38N4O5. The third-order valence-corrected chi connectivity index (χ3v) is 8.09. The van der Waals surface area contributed by atoms with Gasteiger partial charge in [-0.25, -0.2) is 4.98 Å². The predicted molar refractivity (Wildman–Crippen MR) is 162 cm³/mol. The van der Waals surface area contributed by atoms with Crippen LogP contribution in [0.1, 0.15) is 71.8 Å². The van der Waals surface area contributed by atoms with Gasteiger partial charge in [0.2, 0.25) is 5.88 Å². The van der Waals surface area contributed by atoms with Crippen molar-refractivity contribution >= 4 is 28.5 Å². The fraction of sp³-hybridized carbons (Fsp3) is 0.364. The van der Waals surface area contributed by atoms with Gasteiger partial charge in [0.1, 0.15) is 17.1 Å². The van der Waals surface area contributed by atoms with Crippen LogP contribution in [0.15, 0.2) is 65.2 Å². The van der Waals surface area contributed by atoms with Crippen molar-refractivity contribution < 1.29 is 23.8 Å². The van der Waals surface area contributed by atoms with Crippen LogP contribution in [-0.4, -0.2) is 40.5 Å². The predicted octanol–water partition coefficient (Wildman–Crippen LogP) is 6.67. The molecule has 4 N–H and O–H groups in total. The number of nitrogens with two attached hydrogens (primary N) is 1. The number of furan rings is 1. The second-order valence-corrected chi connectivity index (χ2v) is 11.0. The molecule has 1 atom stereocenters. The van der Waals surface area contributed by atoms with Gasteiger partial charge in [0.25, 0.3) is 5.91 Å². The van der Waals surface area contributed by atoms with Gasteiger partial charge in [-0.15, -0.1) is 0 Å². The van der Waals surface area contributed by atoms with E-state index in [2.05, 4.69) is 17.2 Å². The molecule has 1 saturated carbocycles. The lowest BCUT2D eigenvalue weighted by molar-refractivity contribution is -0.137. The first kappa shape index (κ1) is 29.1. The van der Waals surface area contributed by atoms with Crippen molar-refractivity contribution in [2.75, 3.05) is 18.9 Å². The van der Waals surface area contributed by atoms with E-state index in [1.807, 2.05) is 42.5 Å². The Morgan fingerprint density at radius 2 is 1.90 bits per heavy atom. The highest BCUT2D eigenvalue weighted by molar-refractivity contribution is 5.94. The number of amides is 1. The van der Waals surface area contributed by atoms with E-state index in [4.69, 9.17) is 20.0 Å². The molecule has 1 unspecified atom stereocenters. The number of fused-ring (bicyclic) bond motifs is 1. The fourth-order valence-electron chi connectivity index (χ4n) is 5.70. The standard InChI is InChI=1S/C33H38N4O5/c1-21-27-19-26(41-32-24(20-34)9-6-17-35-32)14-15-28(27)42-31(21)30(22-7-4-3-5-8-22)36-25-12-10-23(11-13-25)33(40)37(2)18-16-29(38)39/h6,9-15,17,19,22,30,36H,3-5,7-8,16,18,20,34H2,1-2H3,(H,38,39). The van der Waals surface area contributed by atoms with Crippen LogP contribution in [0.2, 0.25) is 0 Å². The second-order valence-electron chi connectivity index (χ2n) is 11.0. The highest BCUT2D eigenvalue weighted by Gasteiger charge is 2.30. The summed E-state index contributed by atoms with van der Waals surface area (Å²) in [5, 5.41) is 13.6. The number of aryl methyl sites for hydroxylation is 1. The topological polar surface area (TPSA) is 131 Å². The molecule has 9 heteroatoms. The maximum Gasteiger partial charge on any atom is 0.305 e. The Labute approximate surface area is 245 Å². The van der Waals surface area contributed by atoms with E-state index in [0.29, 0.717) is 29.7 Å². The number of hydrogen-bond acceptors (Lipinski definition) is 7. The lowest BCUT2D eigenvalue weighted by atomic mass is 9.82. The Kier molecular flexibility index (Phi) is 9.07. The molecular weight excluding hydrogens is 532 g/mol. The SMILES string of the molecule is Cc1c(C(Nc2ccc(C(=O)N(C)CCC(=O)O)cc2)C2CCCCC2)oc2ccc(Oc3ncccc3CN)cc12. The average molecular weight is 571 g/mol. The van der Waals surface area contributed by atoms with Gasteiger partial charge in [-0.2, -0.15) is 0 Å². The number of hydrogen-bond donors (Lipinski definition) is 3. The van der Waals surface area contributed by atoms with E-state index in [-0.39, 0.29) is 24.9 Å². The number of rotatable bonds is 11. The molecule has 2 aromatic carbocycles. The molecule has 1 amide bonds. The van der Waals surface area contributed by atoms with Gasteiger partial charge in [-0.3, -0.25) is 9.59 Å². The summed E-state index contributed by atoms with van der Waals surface area (Å²) in [5.74, 6) is 1.34. The van der Waals surface area contributed by atoms with E-state index in [1.54, 1.807) is 25.4 Å². The number of carbonyl (C=O) groups is 2. The summed E-state index contributed by atoms with van der Waals surface area (Å²) < 4.78 is 12.6. The minimum atomic E-state index is -0.929. The van der Waals surface area contributed by atoms with Crippen LogP contribution in [0.25, 0.3) is 11.0 Å². The molecule has 1 aliphatic rings. The van der Waals surface area contributed by atoms with Gasteiger partial charge in [0.15, 0.2) is 0 Å². The molecule has 1 aliphatic carbocycles. The first-order valence-electron chi connectivity index (χ1n) is 14.5. The van der Waals surface area contributed by atoms with Gasteiger partial charge >= 0.3 is 5.97 Å². The summed E-state index contributed by atoms with van der Waals surface area (Å²) in [6, 6.07) is 16.9.